The van der Waals surface area contributed by atoms with E-state index >= 15 is 0 Å². The molecule has 3 aromatic rings. The molecule has 1 N–H and O–H groups in total. The maximum absolute atomic E-state index is 11.9. The standard InChI is InChI=1S/C16H14N2O2S/c19-14-3-6-18(7-4-14)11-16(20)17-10-12-1-2-15-13(9-12)5-8-21-15/h1-9H,10-11H2,(H,17,20). The van der Waals surface area contributed by atoms with Crippen molar-refractivity contribution >= 4 is 27.3 Å². The van der Waals surface area contributed by atoms with Crippen LogP contribution in [0.25, 0.3) is 10.1 Å². The van der Waals surface area contributed by atoms with E-state index in [-0.39, 0.29) is 17.9 Å². The van der Waals surface area contributed by atoms with Gasteiger partial charge in [0.15, 0.2) is 5.43 Å². The summed E-state index contributed by atoms with van der Waals surface area (Å²) in [5.74, 6) is -0.0796. The van der Waals surface area contributed by atoms with Crippen LogP contribution in [0.1, 0.15) is 5.56 Å². The predicted octanol–water partition coefficient (Wildman–Crippen LogP) is 2.38. The molecule has 1 amide bonds. The molecule has 0 saturated carbocycles. The Labute approximate surface area is 125 Å². The van der Waals surface area contributed by atoms with Gasteiger partial charge in [0.05, 0.1) is 0 Å². The van der Waals surface area contributed by atoms with Crippen LogP contribution in [-0.4, -0.2) is 10.5 Å². The lowest BCUT2D eigenvalue weighted by atomic mass is 10.2. The molecule has 0 atom stereocenters. The summed E-state index contributed by atoms with van der Waals surface area (Å²) in [6.07, 6.45) is 3.22. The van der Waals surface area contributed by atoms with Crippen LogP contribution < -0.4 is 10.7 Å². The summed E-state index contributed by atoms with van der Waals surface area (Å²) in [6.45, 7) is 0.714. The molecule has 0 saturated heterocycles. The summed E-state index contributed by atoms with van der Waals surface area (Å²) < 4.78 is 2.93. The molecule has 5 heteroatoms. The van der Waals surface area contributed by atoms with E-state index in [0.29, 0.717) is 6.54 Å². The Balaban J connectivity index is 1.60. The first-order chi connectivity index (χ1) is 10.2. The normalized spacial score (nSPS) is 10.7. The first-order valence-electron chi connectivity index (χ1n) is 6.60. The average Bonchev–Trinajstić information content (AvgIpc) is 2.95. The Morgan fingerprint density at radius 3 is 2.76 bits per heavy atom. The predicted molar refractivity (Wildman–Crippen MR) is 84.4 cm³/mol. The number of hydrogen-bond donors (Lipinski definition) is 1. The number of thiophene rings is 1. The quantitative estimate of drug-likeness (QED) is 0.804. The summed E-state index contributed by atoms with van der Waals surface area (Å²) in [6, 6.07) is 11.1. The molecule has 21 heavy (non-hydrogen) atoms. The van der Waals surface area contributed by atoms with Crippen molar-refractivity contribution in [3.63, 3.8) is 0 Å². The Morgan fingerprint density at radius 1 is 1.14 bits per heavy atom. The highest BCUT2D eigenvalue weighted by atomic mass is 32.1. The van der Waals surface area contributed by atoms with Crippen molar-refractivity contribution in [2.24, 2.45) is 0 Å². The SMILES string of the molecule is O=C(Cn1ccc(=O)cc1)NCc1ccc2sccc2c1. The number of nitrogens with one attached hydrogen (secondary N) is 1. The Morgan fingerprint density at radius 2 is 1.95 bits per heavy atom. The van der Waals surface area contributed by atoms with E-state index in [1.54, 1.807) is 28.3 Å². The highest BCUT2D eigenvalue weighted by Gasteiger charge is 2.03. The van der Waals surface area contributed by atoms with E-state index in [1.807, 2.05) is 6.07 Å². The number of benzene rings is 1. The van der Waals surface area contributed by atoms with Crippen LogP contribution >= 0.6 is 11.3 Å². The minimum Gasteiger partial charge on any atom is -0.350 e. The second-order valence-electron chi connectivity index (χ2n) is 4.78. The summed E-state index contributed by atoms with van der Waals surface area (Å²) in [5, 5.41) is 6.14. The third-order valence-electron chi connectivity index (χ3n) is 3.19. The van der Waals surface area contributed by atoms with Gasteiger partial charge < -0.3 is 9.88 Å². The van der Waals surface area contributed by atoms with Gasteiger partial charge in [-0.15, -0.1) is 11.3 Å². The third kappa shape index (κ3) is 3.38. The van der Waals surface area contributed by atoms with Crippen molar-refractivity contribution in [2.45, 2.75) is 13.1 Å². The molecular weight excluding hydrogens is 284 g/mol. The summed E-state index contributed by atoms with van der Waals surface area (Å²) in [7, 11) is 0. The molecule has 0 aliphatic rings. The van der Waals surface area contributed by atoms with Crippen molar-refractivity contribution < 1.29 is 4.79 Å². The van der Waals surface area contributed by atoms with Gasteiger partial charge in [0, 0.05) is 35.8 Å². The van der Waals surface area contributed by atoms with Crippen LogP contribution in [0.15, 0.2) is 59.0 Å². The zero-order valence-corrected chi connectivity index (χ0v) is 12.1. The monoisotopic (exact) mass is 298 g/mol. The molecule has 0 bridgehead atoms. The van der Waals surface area contributed by atoms with Crippen LogP contribution in [0.5, 0.6) is 0 Å². The van der Waals surface area contributed by atoms with Gasteiger partial charge in [0.25, 0.3) is 0 Å². The lowest BCUT2D eigenvalue weighted by molar-refractivity contribution is -0.121. The number of pyridine rings is 1. The highest BCUT2D eigenvalue weighted by molar-refractivity contribution is 7.17. The number of aromatic nitrogens is 1. The van der Waals surface area contributed by atoms with Gasteiger partial charge in [-0.05, 0) is 34.5 Å². The molecule has 2 aromatic heterocycles. The molecule has 3 rings (SSSR count). The third-order valence-corrected chi connectivity index (χ3v) is 4.09. The van der Waals surface area contributed by atoms with Crippen molar-refractivity contribution in [3.8, 4) is 0 Å². The maximum Gasteiger partial charge on any atom is 0.240 e. The molecule has 0 aliphatic heterocycles. The number of carbonyl (C=O) groups is 1. The lowest BCUT2D eigenvalue weighted by Gasteiger charge is -2.07. The van der Waals surface area contributed by atoms with E-state index in [9.17, 15) is 9.59 Å². The van der Waals surface area contributed by atoms with Gasteiger partial charge in [0.1, 0.15) is 6.54 Å². The summed E-state index contributed by atoms with van der Waals surface area (Å²) >= 11 is 1.71. The fourth-order valence-corrected chi connectivity index (χ4v) is 2.87. The molecule has 1 aromatic carbocycles. The molecule has 0 radical (unpaired) electrons. The van der Waals surface area contributed by atoms with Crippen LogP contribution in [0.3, 0.4) is 0 Å². The lowest BCUT2D eigenvalue weighted by Crippen LogP contribution is -2.27. The van der Waals surface area contributed by atoms with Gasteiger partial charge in [-0.2, -0.15) is 0 Å². The van der Waals surface area contributed by atoms with Crippen LogP contribution in [-0.2, 0) is 17.9 Å². The fraction of sp³-hybridized carbons (Fsp3) is 0.125. The summed E-state index contributed by atoms with van der Waals surface area (Å²) in [4.78, 5) is 22.9. The molecule has 0 fully saturated rings. The molecule has 0 unspecified atom stereocenters. The first-order valence-corrected chi connectivity index (χ1v) is 7.48. The van der Waals surface area contributed by atoms with Crippen molar-refractivity contribution in [1.82, 2.24) is 9.88 Å². The van der Waals surface area contributed by atoms with Crippen molar-refractivity contribution in [1.29, 1.82) is 0 Å². The van der Waals surface area contributed by atoms with E-state index in [4.69, 9.17) is 0 Å². The van der Waals surface area contributed by atoms with E-state index in [2.05, 4.69) is 28.9 Å². The van der Waals surface area contributed by atoms with E-state index < -0.39 is 0 Å². The van der Waals surface area contributed by atoms with Gasteiger partial charge >= 0.3 is 0 Å². The molecule has 0 aliphatic carbocycles. The van der Waals surface area contributed by atoms with E-state index in [1.165, 1.54) is 22.2 Å². The fourth-order valence-electron chi connectivity index (χ4n) is 2.10. The second kappa shape index (κ2) is 5.93. The molecular formula is C16H14N2O2S. The molecule has 0 spiro atoms. The molecule has 4 nitrogen and oxygen atoms in total. The van der Waals surface area contributed by atoms with Gasteiger partial charge in [-0.1, -0.05) is 6.07 Å². The maximum atomic E-state index is 11.9. The number of rotatable bonds is 4. The Bertz CT molecular complexity index is 815. The van der Waals surface area contributed by atoms with Gasteiger partial charge in [0.2, 0.25) is 5.91 Å². The zero-order valence-electron chi connectivity index (χ0n) is 11.3. The van der Waals surface area contributed by atoms with E-state index in [0.717, 1.165) is 5.56 Å². The largest absolute Gasteiger partial charge is 0.350 e. The number of carbonyl (C=O) groups excluding carboxylic acids is 1. The van der Waals surface area contributed by atoms with Gasteiger partial charge in [-0.3, -0.25) is 9.59 Å². The Hall–Kier alpha value is -2.40. The Kier molecular flexibility index (Phi) is 3.83. The van der Waals surface area contributed by atoms with Crippen LogP contribution in [0, 0.1) is 0 Å². The summed E-state index contributed by atoms with van der Waals surface area (Å²) in [5.41, 5.74) is 1.02. The minimum atomic E-state index is -0.0796. The van der Waals surface area contributed by atoms with Crippen LogP contribution in [0.4, 0.5) is 0 Å². The number of hydrogen-bond acceptors (Lipinski definition) is 3. The number of amides is 1. The number of nitrogens with zero attached hydrogens (tertiary/aromatic N) is 1. The van der Waals surface area contributed by atoms with Crippen LogP contribution in [0.2, 0.25) is 0 Å². The number of fused-ring (bicyclic) bond motifs is 1. The first kappa shape index (κ1) is 13.6. The topological polar surface area (TPSA) is 51.1 Å². The molecule has 106 valence electrons. The van der Waals surface area contributed by atoms with Crippen molar-refractivity contribution in [3.05, 3.63) is 70.0 Å². The van der Waals surface area contributed by atoms with Crippen molar-refractivity contribution in [2.75, 3.05) is 0 Å². The minimum absolute atomic E-state index is 0.0595. The highest BCUT2D eigenvalue weighted by Crippen LogP contribution is 2.21. The average molecular weight is 298 g/mol. The van der Waals surface area contributed by atoms with Gasteiger partial charge in [-0.25, -0.2) is 0 Å². The second-order valence-corrected chi connectivity index (χ2v) is 5.72. The smallest absolute Gasteiger partial charge is 0.240 e. The zero-order chi connectivity index (χ0) is 14.7. The molecule has 2 heterocycles.